The summed E-state index contributed by atoms with van der Waals surface area (Å²) in [5, 5.41) is 2.29. The number of hydrogen-bond donors (Lipinski definition) is 3. The molecule has 0 saturated heterocycles. The van der Waals surface area contributed by atoms with Crippen LogP contribution >= 0.6 is 0 Å². The Morgan fingerprint density at radius 2 is 2.21 bits per heavy atom. The molecule has 14 heavy (non-hydrogen) atoms. The summed E-state index contributed by atoms with van der Waals surface area (Å²) in [4.78, 5) is 14.7. The van der Waals surface area contributed by atoms with Gasteiger partial charge in [0.1, 0.15) is 0 Å². The van der Waals surface area contributed by atoms with E-state index in [0.717, 1.165) is 12.8 Å². The van der Waals surface area contributed by atoms with Crippen LogP contribution in [0.4, 0.5) is 4.79 Å². The van der Waals surface area contributed by atoms with Gasteiger partial charge < -0.3 is 16.2 Å². The SMILES string of the molecule is CCOC(=O)NC(N)=NCCCCN. The first-order valence-corrected chi connectivity index (χ1v) is 4.64. The number of alkyl carbamates (subject to hydrolysis) is 1. The molecule has 6 nitrogen and oxygen atoms in total. The summed E-state index contributed by atoms with van der Waals surface area (Å²) in [5.74, 6) is 0.0838. The predicted octanol–water partition coefficient (Wildman–Crippen LogP) is -0.214. The van der Waals surface area contributed by atoms with Crippen LogP contribution in [0.15, 0.2) is 4.99 Å². The van der Waals surface area contributed by atoms with Crippen LogP contribution < -0.4 is 16.8 Å². The largest absolute Gasteiger partial charge is 0.450 e. The van der Waals surface area contributed by atoms with Gasteiger partial charge in [-0.3, -0.25) is 10.3 Å². The lowest BCUT2D eigenvalue weighted by atomic mass is 10.3. The molecule has 0 radical (unpaired) electrons. The third-order valence-corrected chi connectivity index (χ3v) is 1.40. The maximum absolute atomic E-state index is 10.8. The van der Waals surface area contributed by atoms with Gasteiger partial charge >= 0.3 is 6.09 Å². The molecule has 0 aromatic carbocycles. The normalized spacial score (nSPS) is 11.1. The van der Waals surface area contributed by atoms with Crippen LogP contribution in [0.3, 0.4) is 0 Å². The van der Waals surface area contributed by atoms with Gasteiger partial charge in [0.05, 0.1) is 6.61 Å². The smallest absolute Gasteiger partial charge is 0.413 e. The number of nitrogens with two attached hydrogens (primary N) is 2. The molecule has 5 N–H and O–H groups in total. The number of guanidine groups is 1. The molecule has 0 fully saturated rings. The Morgan fingerprint density at radius 3 is 2.79 bits per heavy atom. The topological polar surface area (TPSA) is 103 Å². The minimum Gasteiger partial charge on any atom is -0.450 e. The summed E-state index contributed by atoms with van der Waals surface area (Å²) >= 11 is 0. The van der Waals surface area contributed by atoms with Gasteiger partial charge in [-0.05, 0) is 26.3 Å². The van der Waals surface area contributed by atoms with E-state index in [-0.39, 0.29) is 5.96 Å². The lowest BCUT2D eigenvalue weighted by Crippen LogP contribution is -2.37. The Morgan fingerprint density at radius 1 is 1.50 bits per heavy atom. The fraction of sp³-hybridized carbons (Fsp3) is 0.750. The molecule has 0 aliphatic rings. The average Bonchev–Trinajstić information content (AvgIpc) is 2.13. The summed E-state index contributed by atoms with van der Waals surface area (Å²) in [7, 11) is 0. The average molecular weight is 202 g/mol. The molecular formula is C8H18N4O2. The van der Waals surface area contributed by atoms with Crippen LogP contribution in [-0.2, 0) is 4.74 Å². The highest BCUT2D eigenvalue weighted by molar-refractivity contribution is 5.92. The van der Waals surface area contributed by atoms with E-state index in [4.69, 9.17) is 11.5 Å². The summed E-state index contributed by atoms with van der Waals surface area (Å²) < 4.78 is 4.61. The van der Waals surface area contributed by atoms with Crippen LogP contribution in [0.1, 0.15) is 19.8 Å². The van der Waals surface area contributed by atoms with E-state index in [2.05, 4.69) is 15.0 Å². The Labute approximate surface area is 83.7 Å². The van der Waals surface area contributed by atoms with Crippen molar-refractivity contribution < 1.29 is 9.53 Å². The van der Waals surface area contributed by atoms with Crippen molar-refractivity contribution in [3.05, 3.63) is 0 Å². The lowest BCUT2D eigenvalue weighted by molar-refractivity contribution is 0.157. The molecule has 0 heterocycles. The van der Waals surface area contributed by atoms with Crippen LogP contribution in [0, 0.1) is 0 Å². The van der Waals surface area contributed by atoms with Crippen molar-refractivity contribution in [1.82, 2.24) is 5.32 Å². The van der Waals surface area contributed by atoms with Crippen molar-refractivity contribution in [2.45, 2.75) is 19.8 Å². The minimum atomic E-state index is -0.576. The molecule has 0 atom stereocenters. The molecule has 0 spiro atoms. The molecule has 0 bridgehead atoms. The van der Waals surface area contributed by atoms with Gasteiger partial charge in [0.2, 0.25) is 0 Å². The third-order valence-electron chi connectivity index (χ3n) is 1.40. The minimum absolute atomic E-state index is 0.0838. The summed E-state index contributed by atoms with van der Waals surface area (Å²) in [6.07, 6.45) is 1.19. The quantitative estimate of drug-likeness (QED) is 0.326. The maximum atomic E-state index is 10.8. The number of carbonyl (C=O) groups is 1. The Bertz CT molecular complexity index is 194. The van der Waals surface area contributed by atoms with Crippen LogP contribution in [-0.4, -0.2) is 31.7 Å². The molecule has 6 heteroatoms. The van der Waals surface area contributed by atoms with Crippen LogP contribution in [0.25, 0.3) is 0 Å². The van der Waals surface area contributed by atoms with Gasteiger partial charge in [-0.2, -0.15) is 0 Å². The number of unbranched alkanes of at least 4 members (excludes halogenated alkanes) is 1. The summed E-state index contributed by atoms with van der Waals surface area (Å²) in [5.41, 5.74) is 10.7. The van der Waals surface area contributed by atoms with Gasteiger partial charge in [-0.25, -0.2) is 4.79 Å². The molecule has 0 aliphatic carbocycles. The van der Waals surface area contributed by atoms with Crippen molar-refractivity contribution in [3.63, 3.8) is 0 Å². The number of rotatable bonds is 5. The third kappa shape index (κ3) is 7.35. The van der Waals surface area contributed by atoms with Gasteiger partial charge in [0.25, 0.3) is 0 Å². The molecule has 0 aliphatic heterocycles. The molecule has 0 rings (SSSR count). The fourth-order valence-electron chi connectivity index (χ4n) is 0.767. The van der Waals surface area contributed by atoms with Crippen LogP contribution in [0.2, 0.25) is 0 Å². The number of nitrogens with one attached hydrogen (secondary N) is 1. The fourth-order valence-corrected chi connectivity index (χ4v) is 0.767. The van der Waals surface area contributed by atoms with Gasteiger partial charge in [-0.1, -0.05) is 0 Å². The van der Waals surface area contributed by atoms with E-state index in [9.17, 15) is 4.79 Å². The van der Waals surface area contributed by atoms with Gasteiger partial charge in [-0.15, -0.1) is 0 Å². The summed E-state index contributed by atoms with van der Waals surface area (Å²) in [6.45, 7) is 3.23. The number of ether oxygens (including phenoxy) is 1. The number of nitrogens with zero attached hydrogens (tertiary/aromatic N) is 1. The van der Waals surface area contributed by atoms with E-state index < -0.39 is 6.09 Å². The van der Waals surface area contributed by atoms with Crippen molar-refractivity contribution in [3.8, 4) is 0 Å². The molecular weight excluding hydrogens is 184 g/mol. The standard InChI is InChI=1S/C8H18N4O2/c1-2-14-8(13)12-7(10)11-6-4-3-5-9/h2-6,9H2,1H3,(H3,10,11,12,13). The first-order valence-electron chi connectivity index (χ1n) is 4.64. The number of amides is 1. The van der Waals surface area contributed by atoms with E-state index in [1.807, 2.05) is 0 Å². The molecule has 0 aromatic heterocycles. The molecule has 0 aromatic rings. The number of hydrogen-bond acceptors (Lipinski definition) is 4. The highest BCUT2D eigenvalue weighted by Crippen LogP contribution is 1.86. The molecule has 0 saturated carbocycles. The highest BCUT2D eigenvalue weighted by atomic mass is 16.5. The maximum Gasteiger partial charge on any atom is 0.413 e. The van der Waals surface area contributed by atoms with E-state index in [0.29, 0.717) is 19.7 Å². The first-order chi connectivity index (χ1) is 6.70. The monoisotopic (exact) mass is 202 g/mol. The zero-order chi connectivity index (χ0) is 10.8. The van der Waals surface area contributed by atoms with Crippen molar-refractivity contribution in [1.29, 1.82) is 0 Å². The first kappa shape index (κ1) is 12.7. The van der Waals surface area contributed by atoms with Crippen molar-refractivity contribution in [2.24, 2.45) is 16.5 Å². The Hall–Kier alpha value is -1.30. The number of aliphatic imine (C=N–C) groups is 1. The lowest BCUT2D eigenvalue weighted by Gasteiger charge is -2.03. The van der Waals surface area contributed by atoms with E-state index in [1.165, 1.54) is 0 Å². The second-order valence-electron chi connectivity index (χ2n) is 2.61. The zero-order valence-electron chi connectivity index (χ0n) is 8.45. The second-order valence-corrected chi connectivity index (χ2v) is 2.61. The van der Waals surface area contributed by atoms with Gasteiger partial charge in [0, 0.05) is 6.54 Å². The Balaban J connectivity index is 3.60. The molecule has 1 amide bonds. The molecule has 0 unspecified atom stereocenters. The van der Waals surface area contributed by atoms with E-state index >= 15 is 0 Å². The van der Waals surface area contributed by atoms with Crippen molar-refractivity contribution >= 4 is 12.1 Å². The van der Waals surface area contributed by atoms with Crippen molar-refractivity contribution in [2.75, 3.05) is 19.7 Å². The summed E-state index contributed by atoms with van der Waals surface area (Å²) in [6, 6.07) is 0. The number of carbonyl (C=O) groups excluding carboxylic acids is 1. The highest BCUT2D eigenvalue weighted by Gasteiger charge is 2.00. The predicted molar refractivity (Wildman–Crippen MR) is 54.9 cm³/mol. The van der Waals surface area contributed by atoms with Crippen LogP contribution in [0.5, 0.6) is 0 Å². The zero-order valence-corrected chi connectivity index (χ0v) is 8.45. The molecule has 82 valence electrons. The Kier molecular flexibility index (Phi) is 7.53. The van der Waals surface area contributed by atoms with E-state index in [1.54, 1.807) is 6.92 Å². The second kappa shape index (κ2) is 8.31. The van der Waals surface area contributed by atoms with Gasteiger partial charge in [0.15, 0.2) is 5.96 Å².